The van der Waals surface area contributed by atoms with Gasteiger partial charge in [-0.1, -0.05) is 0 Å². The first-order chi connectivity index (χ1) is 22.3. The van der Waals surface area contributed by atoms with Gasteiger partial charge in [0, 0.05) is 30.7 Å². The third-order valence-electron chi connectivity index (χ3n) is 6.82. The van der Waals surface area contributed by atoms with Crippen molar-refractivity contribution < 1.29 is 56.8 Å². The van der Waals surface area contributed by atoms with E-state index in [1.165, 1.54) is 0 Å². The second-order valence-electron chi connectivity index (χ2n) is 9.81. The molecule has 0 saturated carbocycles. The predicted octanol–water partition coefficient (Wildman–Crippen LogP) is 5.59. The van der Waals surface area contributed by atoms with Crippen LogP contribution in [0.3, 0.4) is 0 Å². The smallest absolute Gasteiger partial charge is 0.231 e. The maximum Gasteiger partial charge on any atom is 0.231 e. The zero-order chi connectivity index (χ0) is 30.3. The van der Waals surface area contributed by atoms with E-state index >= 15 is 0 Å². The Kier molecular flexibility index (Phi) is 8.42. The van der Waals surface area contributed by atoms with E-state index in [1.807, 2.05) is 72.8 Å². The van der Waals surface area contributed by atoms with Crippen LogP contribution in [0.4, 0.5) is 0 Å². The van der Waals surface area contributed by atoms with Crippen LogP contribution in [0.1, 0.15) is 6.42 Å². The van der Waals surface area contributed by atoms with Gasteiger partial charge < -0.3 is 56.8 Å². The van der Waals surface area contributed by atoms with Crippen LogP contribution in [0.15, 0.2) is 72.8 Å². The van der Waals surface area contributed by atoms with E-state index in [0.29, 0.717) is 37.9 Å². The minimum atomic E-state index is 0.256. The van der Waals surface area contributed by atoms with Gasteiger partial charge in [0.15, 0.2) is 46.0 Å². The third kappa shape index (κ3) is 7.01. The topological polar surface area (TPSA) is 111 Å². The van der Waals surface area contributed by atoms with Crippen LogP contribution in [-0.2, 0) is 0 Å². The van der Waals surface area contributed by atoms with E-state index in [2.05, 4.69) is 0 Å². The van der Waals surface area contributed by atoms with E-state index in [-0.39, 0.29) is 27.2 Å². The molecule has 0 amide bonds. The van der Waals surface area contributed by atoms with Gasteiger partial charge in [-0.25, -0.2) is 0 Å². The highest BCUT2D eigenvalue weighted by Crippen LogP contribution is 2.38. The van der Waals surface area contributed by atoms with Crippen molar-refractivity contribution in [3.05, 3.63) is 72.8 Å². The first-order valence-corrected chi connectivity index (χ1v) is 14.4. The van der Waals surface area contributed by atoms with Crippen LogP contribution in [0.25, 0.3) is 0 Å². The summed E-state index contributed by atoms with van der Waals surface area (Å²) in [6.07, 6.45) is 0.767. The lowest BCUT2D eigenvalue weighted by atomic mass is 10.3. The van der Waals surface area contributed by atoms with Crippen LogP contribution < -0.4 is 56.8 Å². The van der Waals surface area contributed by atoms with E-state index in [1.54, 1.807) is 0 Å². The largest absolute Gasteiger partial charge is 0.493 e. The van der Waals surface area contributed by atoms with Crippen molar-refractivity contribution in [1.82, 2.24) is 0 Å². The lowest BCUT2D eigenvalue weighted by molar-refractivity contribution is 0.173. The van der Waals surface area contributed by atoms with Gasteiger partial charge in [-0.3, -0.25) is 0 Å². The summed E-state index contributed by atoms with van der Waals surface area (Å²) in [7, 11) is 0. The SMILES string of the molecule is c1cc2c(cc1OCCCOc1ccc3c(c1)OCO3)OCO2.c1cc2c(cc1OCCOc1ccc3c(c1)OCO3)OCO2. The standard InChI is InChI=1S/C17H16O6.C16H14O6/c1(6-18-12-2-4-14-16(8-12)22-10-20-14)7-19-13-3-5-15-17(9-13)23-11-21-15;1-3-13-15(21-9-19-13)7-11(1)17-5-6-18-12-2-4-14-16(8-12)22-10-20-14/h2-5,8-9H,1,6-7,10-11H2;1-4,7-8H,5-6,9-10H2. The van der Waals surface area contributed by atoms with Crippen LogP contribution >= 0.6 is 0 Å². The highest BCUT2D eigenvalue weighted by molar-refractivity contribution is 5.49. The minimum Gasteiger partial charge on any atom is -0.493 e. The zero-order valence-electron chi connectivity index (χ0n) is 24.2. The number of fused-ring (bicyclic) bond motifs is 4. The van der Waals surface area contributed by atoms with Gasteiger partial charge in [0.25, 0.3) is 0 Å². The van der Waals surface area contributed by atoms with Crippen LogP contribution in [0.5, 0.6) is 69.0 Å². The zero-order valence-corrected chi connectivity index (χ0v) is 24.2. The third-order valence-corrected chi connectivity index (χ3v) is 6.82. The monoisotopic (exact) mass is 618 g/mol. The first-order valence-electron chi connectivity index (χ1n) is 14.4. The number of hydrogen-bond acceptors (Lipinski definition) is 12. The van der Waals surface area contributed by atoms with Crippen molar-refractivity contribution in [2.45, 2.75) is 6.42 Å². The van der Waals surface area contributed by atoms with Crippen LogP contribution in [0, 0.1) is 0 Å². The highest BCUT2D eigenvalue weighted by atomic mass is 16.7. The van der Waals surface area contributed by atoms with E-state index in [9.17, 15) is 0 Å². The average molecular weight is 619 g/mol. The van der Waals surface area contributed by atoms with Crippen molar-refractivity contribution in [3.8, 4) is 69.0 Å². The Hall–Kier alpha value is -5.52. The molecule has 0 N–H and O–H groups in total. The summed E-state index contributed by atoms with van der Waals surface area (Å²) >= 11 is 0. The van der Waals surface area contributed by atoms with Gasteiger partial charge in [-0.05, 0) is 48.5 Å². The number of hydrogen-bond donors (Lipinski definition) is 0. The Morgan fingerprint density at radius 2 is 0.600 bits per heavy atom. The number of ether oxygens (including phenoxy) is 12. The Labute approximate surface area is 258 Å². The molecule has 0 bridgehead atoms. The van der Waals surface area contributed by atoms with Gasteiger partial charge in [0.1, 0.15) is 36.2 Å². The van der Waals surface area contributed by atoms with E-state index in [4.69, 9.17) is 56.8 Å². The molecule has 45 heavy (non-hydrogen) atoms. The molecule has 4 heterocycles. The molecule has 0 saturated heterocycles. The molecular formula is C33H30O12. The van der Waals surface area contributed by atoms with Crippen molar-refractivity contribution in [1.29, 1.82) is 0 Å². The van der Waals surface area contributed by atoms with Gasteiger partial charge in [-0.2, -0.15) is 0 Å². The second-order valence-corrected chi connectivity index (χ2v) is 9.81. The van der Waals surface area contributed by atoms with Gasteiger partial charge in [0.2, 0.25) is 27.2 Å². The molecule has 0 radical (unpaired) electrons. The molecule has 0 aromatic heterocycles. The summed E-state index contributed by atoms with van der Waals surface area (Å²) < 4.78 is 64.9. The van der Waals surface area contributed by atoms with Gasteiger partial charge >= 0.3 is 0 Å². The van der Waals surface area contributed by atoms with Crippen LogP contribution in [0.2, 0.25) is 0 Å². The molecule has 12 heteroatoms. The van der Waals surface area contributed by atoms with Crippen LogP contribution in [-0.4, -0.2) is 53.6 Å². The summed E-state index contributed by atoms with van der Waals surface area (Å²) in [5.74, 6) is 8.80. The fraction of sp³-hybridized carbons (Fsp3) is 0.273. The van der Waals surface area contributed by atoms with Gasteiger partial charge in [-0.15, -0.1) is 0 Å². The molecule has 0 fully saturated rings. The summed E-state index contributed by atoms with van der Waals surface area (Å²) in [5.41, 5.74) is 0. The molecule has 4 aliphatic rings. The van der Waals surface area contributed by atoms with Crippen molar-refractivity contribution in [2.75, 3.05) is 53.6 Å². The molecule has 0 atom stereocenters. The Morgan fingerprint density at radius 1 is 0.333 bits per heavy atom. The maximum atomic E-state index is 5.68. The summed E-state index contributed by atoms with van der Waals surface area (Å²) in [4.78, 5) is 0. The fourth-order valence-electron chi connectivity index (χ4n) is 4.62. The maximum absolute atomic E-state index is 5.68. The molecule has 12 nitrogen and oxygen atoms in total. The Morgan fingerprint density at radius 3 is 0.911 bits per heavy atom. The van der Waals surface area contributed by atoms with E-state index in [0.717, 1.165) is 63.9 Å². The molecule has 4 aromatic carbocycles. The normalized spacial score (nSPS) is 14.0. The molecule has 234 valence electrons. The molecule has 4 aliphatic heterocycles. The molecule has 4 aromatic rings. The minimum absolute atomic E-state index is 0.256. The quantitative estimate of drug-likeness (QED) is 0.195. The molecule has 0 spiro atoms. The highest BCUT2D eigenvalue weighted by Gasteiger charge is 2.16. The second kappa shape index (κ2) is 13.4. The number of benzene rings is 4. The molecule has 0 aliphatic carbocycles. The van der Waals surface area contributed by atoms with Gasteiger partial charge in [0.05, 0.1) is 13.2 Å². The summed E-state index contributed by atoms with van der Waals surface area (Å²) in [6.45, 7) is 3.01. The van der Waals surface area contributed by atoms with Crippen molar-refractivity contribution >= 4 is 0 Å². The number of rotatable bonds is 11. The lowest BCUT2D eigenvalue weighted by Gasteiger charge is -2.09. The summed E-state index contributed by atoms with van der Waals surface area (Å²) in [5, 5.41) is 0. The average Bonchev–Trinajstić information content (AvgIpc) is 3.89. The predicted molar refractivity (Wildman–Crippen MR) is 157 cm³/mol. The van der Waals surface area contributed by atoms with Crippen molar-refractivity contribution in [2.24, 2.45) is 0 Å². The molecule has 0 unspecified atom stereocenters. The lowest BCUT2D eigenvalue weighted by Crippen LogP contribution is -2.08. The fourth-order valence-corrected chi connectivity index (χ4v) is 4.62. The summed E-state index contributed by atoms with van der Waals surface area (Å²) in [6, 6.07) is 22.1. The van der Waals surface area contributed by atoms with Crippen molar-refractivity contribution in [3.63, 3.8) is 0 Å². The Balaban J connectivity index is 0.000000145. The first kappa shape index (κ1) is 28.3. The molecule has 8 rings (SSSR count). The Bertz CT molecular complexity index is 1500. The molecular weight excluding hydrogens is 588 g/mol. The van der Waals surface area contributed by atoms with E-state index < -0.39 is 0 Å².